The van der Waals surface area contributed by atoms with Crippen molar-refractivity contribution in [3.8, 4) is 0 Å². The summed E-state index contributed by atoms with van der Waals surface area (Å²) in [6.45, 7) is 7.13. The smallest absolute Gasteiger partial charge is 0.239 e. The third kappa shape index (κ3) is 3.95. The number of amides is 1. The minimum Gasteiger partial charge on any atom is -0.378 e. The minimum absolute atomic E-state index is 0.131. The number of carbonyl (C=O) groups is 1. The number of aryl methyl sites for hydroxylation is 1. The maximum Gasteiger partial charge on any atom is 0.239 e. The lowest BCUT2D eigenvalue weighted by Crippen LogP contribution is -2.49. The van der Waals surface area contributed by atoms with Crippen LogP contribution in [0.5, 0.6) is 0 Å². The summed E-state index contributed by atoms with van der Waals surface area (Å²) in [5.74, 6) is 0.131. The molecule has 4 nitrogen and oxygen atoms in total. The number of nitrogens with one attached hydrogen (secondary N) is 1. The molecule has 1 aromatic carbocycles. The van der Waals surface area contributed by atoms with Crippen LogP contribution in [0.4, 0.5) is 0 Å². The lowest BCUT2D eigenvalue weighted by molar-refractivity contribution is -0.137. The zero-order chi connectivity index (χ0) is 14.5. The third-order valence-electron chi connectivity index (χ3n) is 3.54. The summed E-state index contributed by atoms with van der Waals surface area (Å²) in [5.41, 5.74) is 2.15. The quantitative estimate of drug-likeness (QED) is 0.924. The van der Waals surface area contributed by atoms with Crippen LogP contribution in [0.1, 0.15) is 18.1 Å². The first-order chi connectivity index (χ1) is 9.58. The number of benzene rings is 1. The Bertz CT molecular complexity index is 473. The van der Waals surface area contributed by atoms with Gasteiger partial charge < -0.3 is 15.0 Å². The van der Waals surface area contributed by atoms with E-state index in [0.717, 1.165) is 16.1 Å². The number of nitrogens with zero attached hydrogens (tertiary/aromatic N) is 1. The lowest BCUT2D eigenvalue weighted by atomic mass is 10.1. The number of halogens is 1. The molecule has 1 fully saturated rings. The summed E-state index contributed by atoms with van der Waals surface area (Å²) < 4.78 is 5.25. The molecule has 110 valence electrons. The molecule has 1 aliphatic heterocycles. The summed E-state index contributed by atoms with van der Waals surface area (Å²) in [7, 11) is 0. The van der Waals surface area contributed by atoms with Gasteiger partial charge in [-0.2, -0.15) is 0 Å². The molecule has 1 aliphatic rings. The third-order valence-corrected chi connectivity index (χ3v) is 3.95. The van der Waals surface area contributed by atoms with Gasteiger partial charge in [-0.1, -0.05) is 23.7 Å². The molecule has 1 N–H and O–H groups in total. The zero-order valence-corrected chi connectivity index (χ0v) is 12.7. The van der Waals surface area contributed by atoms with E-state index in [1.807, 2.05) is 36.9 Å². The van der Waals surface area contributed by atoms with Crippen molar-refractivity contribution in [2.45, 2.75) is 26.4 Å². The van der Waals surface area contributed by atoms with E-state index < -0.39 is 0 Å². The molecule has 0 saturated carbocycles. The van der Waals surface area contributed by atoms with Gasteiger partial charge in [0.15, 0.2) is 0 Å². The Morgan fingerprint density at radius 1 is 1.45 bits per heavy atom. The van der Waals surface area contributed by atoms with E-state index in [1.54, 1.807) is 0 Å². The highest BCUT2D eigenvalue weighted by molar-refractivity contribution is 6.31. The number of carbonyl (C=O) groups excluding carboxylic acids is 1. The van der Waals surface area contributed by atoms with Crippen molar-refractivity contribution in [2.75, 3.05) is 26.3 Å². The second-order valence-corrected chi connectivity index (χ2v) is 5.53. The molecular formula is C15H21ClN2O2. The molecule has 2 rings (SSSR count). The number of morpholine rings is 1. The van der Waals surface area contributed by atoms with Crippen LogP contribution in [0.15, 0.2) is 18.2 Å². The highest BCUT2D eigenvalue weighted by Gasteiger charge is 2.21. The summed E-state index contributed by atoms with van der Waals surface area (Å²) in [4.78, 5) is 14.1. The monoisotopic (exact) mass is 296 g/mol. The van der Waals surface area contributed by atoms with Gasteiger partial charge in [0.25, 0.3) is 0 Å². The van der Waals surface area contributed by atoms with Crippen molar-refractivity contribution < 1.29 is 9.53 Å². The van der Waals surface area contributed by atoms with Gasteiger partial charge in [-0.05, 0) is 31.0 Å². The molecule has 1 atom stereocenters. The average molecular weight is 297 g/mol. The zero-order valence-electron chi connectivity index (χ0n) is 12.0. The molecule has 1 amide bonds. The Hall–Kier alpha value is -1.10. The number of hydrogen-bond donors (Lipinski definition) is 1. The van der Waals surface area contributed by atoms with Crippen molar-refractivity contribution in [1.29, 1.82) is 0 Å². The summed E-state index contributed by atoms with van der Waals surface area (Å²) in [5, 5.41) is 4.01. The van der Waals surface area contributed by atoms with Gasteiger partial charge in [0.05, 0.1) is 19.3 Å². The van der Waals surface area contributed by atoms with Crippen molar-refractivity contribution >= 4 is 17.5 Å². The molecule has 1 unspecified atom stereocenters. The summed E-state index contributed by atoms with van der Waals surface area (Å²) in [6.07, 6.45) is 0. The number of hydrogen-bond acceptors (Lipinski definition) is 3. The Morgan fingerprint density at radius 2 is 2.15 bits per heavy atom. The summed E-state index contributed by atoms with van der Waals surface area (Å²) in [6, 6.07) is 5.76. The van der Waals surface area contributed by atoms with Crippen LogP contribution in [0.3, 0.4) is 0 Å². The molecule has 1 heterocycles. The van der Waals surface area contributed by atoms with E-state index in [9.17, 15) is 4.79 Å². The maximum absolute atomic E-state index is 12.2. The summed E-state index contributed by atoms with van der Waals surface area (Å²) >= 11 is 6.10. The number of ether oxygens (including phenoxy) is 1. The predicted molar refractivity (Wildman–Crippen MR) is 79.9 cm³/mol. The van der Waals surface area contributed by atoms with Crippen LogP contribution in [0.2, 0.25) is 5.02 Å². The largest absolute Gasteiger partial charge is 0.378 e. The molecule has 5 heteroatoms. The standard InChI is InChI=1S/C15H21ClN2O2/c1-11-3-4-13(9-14(11)16)10-17-12(2)15(19)18-5-7-20-8-6-18/h3-4,9,12,17H,5-8,10H2,1-2H3. The predicted octanol–water partition coefficient (Wildman–Crippen LogP) is 1.99. The number of rotatable bonds is 4. The van der Waals surface area contributed by atoms with Crippen LogP contribution >= 0.6 is 11.6 Å². The van der Waals surface area contributed by atoms with Gasteiger partial charge in [0, 0.05) is 24.7 Å². The lowest BCUT2D eigenvalue weighted by Gasteiger charge is -2.29. The molecule has 0 aromatic heterocycles. The van der Waals surface area contributed by atoms with Crippen molar-refractivity contribution in [1.82, 2.24) is 10.2 Å². The van der Waals surface area contributed by atoms with E-state index in [-0.39, 0.29) is 11.9 Å². The van der Waals surface area contributed by atoms with Crippen molar-refractivity contribution in [3.05, 3.63) is 34.3 Å². The molecule has 20 heavy (non-hydrogen) atoms. The topological polar surface area (TPSA) is 41.6 Å². The Morgan fingerprint density at radius 3 is 2.80 bits per heavy atom. The minimum atomic E-state index is -0.201. The second kappa shape index (κ2) is 7.07. The van der Waals surface area contributed by atoms with Crippen LogP contribution < -0.4 is 5.32 Å². The fraction of sp³-hybridized carbons (Fsp3) is 0.533. The van der Waals surface area contributed by atoms with E-state index in [4.69, 9.17) is 16.3 Å². The molecular weight excluding hydrogens is 276 g/mol. The molecule has 0 aliphatic carbocycles. The second-order valence-electron chi connectivity index (χ2n) is 5.12. The normalized spacial score (nSPS) is 17.1. The molecule has 0 bridgehead atoms. The fourth-order valence-electron chi connectivity index (χ4n) is 2.16. The van der Waals surface area contributed by atoms with Crippen LogP contribution in [0, 0.1) is 6.92 Å². The van der Waals surface area contributed by atoms with Gasteiger partial charge in [-0.3, -0.25) is 4.79 Å². The average Bonchev–Trinajstić information content (AvgIpc) is 2.48. The first kappa shape index (κ1) is 15.3. The van der Waals surface area contributed by atoms with E-state index in [1.165, 1.54) is 0 Å². The molecule has 1 saturated heterocycles. The van der Waals surface area contributed by atoms with E-state index >= 15 is 0 Å². The van der Waals surface area contributed by atoms with Gasteiger partial charge in [0.1, 0.15) is 0 Å². The van der Waals surface area contributed by atoms with Gasteiger partial charge in [0.2, 0.25) is 5.91 Å². The first-order valence-electron chi connectivity index (χ1n) is 6.93. The van der Waals surface area contributed by atoms with E-state index in [2.05, 4.69) is 5.32 Å². The highest BCUT2D eigenvalue weighted by atomic mass is 35.5. The molecule has 0 spiro atoms. The van der Waals surface area contributed by atoms with Crippen molar-refractivity contribution in [3.63, 3.8) is 0 Å². The molecule has 0 radical (unpaired) electrons. The Balaban J connectivity index is 1.85. The van der Waals surface area contributed by atoms with E-state index in [0.29, 0.717) is 32.8 Å². The Labute approximate surface area is 125 Å². The van der Waals surface area contributed by atoms with Crippen LogP contribution in [-0.2, 0) is 16.1 Å². The van der Waals surface area contributed by atoms with Crippen LogP contribution in [0.25, 0.3) is 0 Å². The Kier molecular flexibility index (Phi) is 5.40. The fourth-order valence-corrected chi connectivity index (χ4v) is 2.37. The van der Waals surface area contributed by atoms with Gasteiger partial charge in [-0.15, -0.1) is 0 Å². The first-order valence-corrected chi connectivity index (χ1v) is 7.30. The van der Waals surface area contributed by atoms with Gasteiger partial charge >= 0.3 is 0 Å². The SMILES string of the molecule is Cc1ccc(CNC(C)C(=O)N2CCOCC2)cc1Cl. The maximum atomic E-state index is 12.2. The molecule has 1 aromatic rings. The van der Waals surface area contributed by atoms with Crippen molar-refractivity contribution in [2.24, 2.45) is 0 Å². The van der Waals surface area contributed by atoms with Gasteiger partial charge in [-0.25, -0.2) is 0 Å². The van der Waals surface area contributed by atoms with Crippen LogP contribution in [-0.4, -0.2) is 43.2 Å². The highest BCUT2D eigenvalue weighted by Crippen LogP contribution is 2.16.